The van der Waals surface area contributed by atoms with Gasteiger partial charge in [0, 0.05) is 6.42 Å². The van der Waals surface area contributed by atoms with Crippen molar-refractivity contribution in [2.75, 3.05) is 6.61 Å². The van der Waals surface area contributed by atoms with Gasteiger partial charge in [0.2, 0.25) is 0 Å². The lowest BCUT2D eigenvalue weighted by Crippen LogP contribution is -1.93. The summed E-state index contributed by atoms with van der Waals surface area (Å²) in [6, 6.07) is 0. The van der Waals surface area contributed by atoms with E-state index in [0.29, 0.717) is 12.8 Å². The number of aliphatic carboxylic acids is 1. The highest BCUT2D eigenvalue weighted by atomic mass is 16.4. The van der Waals surface area contributed by atoms with E-state index in [9.17, 15) is 9.90 Å². The summed E-state index contributed by atoms with van der Waals surface area (Å²) in [5, 5.41) is 18.0. The van der Waals surface area contributed by atoms with Crippen molar-refractivity contribution in [1.29, 1.82) is 0 Å². The van der Waals surface area contributed by atoms with E-state index in [1.54, 1.807) is 0 Å². The van der Waals surface area contributed by atoms with Crippen LogP contribution in [-0.2, 0) is 9.90 Å². The van der Waals surface area contributed by atoms with Crippen molar-refractivity contribution >= 4 is 5.97 Å². The molecule has 9 heavy (non-hydrogen) atoms. The number of carboxylic acid groups (broad SMARTS) is 1. The van der Waals surface area contributed by atoms with E-state index < -0.39 is 5.97 Å². The monoisotopic (exact) mass is 131 g/mol. The molecule has 1 N–H and O–H groups in total. The molecule has 0 amide bonds. The average molecular weight is 131 g/mol. The maximum absolute atomic E-state index is 9.88. The zero-order chi connectivity index (χ0) is 7.11. The van der Waals surface area contributed by atoms with Crippen LogP contribution in [0.15, 0.2) is 0 Å². The van der Waals surface area contributed by atoms with Crippen LogP contribution in [0.1, 0.15) is 25.7 Å². The van der Waals surface area contributed by atoms with Crippen molar-refractivity contribution in [2.24, 2.45) is 0 Å². The number of rotatable bonds is 5. The van der Waals surface area contributed by atoms with E-state index in [4.69, 9.17) is 5.11 Å². The minimum Gasteiger partial charge on any atom is -0.481 e. The molecule has 0 heterocycles. The van der Waals surface area contributed by atoms with Gasteiger partial charge in [0.1, 0.15) is 0 Å². The first-order valence-electron chi connectivity index (χ1n) is 3.07. The Hall–Kier alpha value is -0.570. The Balaban J connectivity index is 2.83. The molecule has 0 aliphatic heterocycles. The maximum atomic E-state index is 9.88. The molecule has 0 aromatic carbocycles. The molecular formula is C6H11O3. The van der Waals surface area contributed by atoms with Crippen LogP contribution in [0.5, 0.6) is 0 Å². The normalized spacial score (nSPS) is 9.44. The van der Waals surface area contributed by atoms with Gasteiger partial charge in [0.15, 0.2) is 0 Å². The lowest BCUT2D eigenvalue weighted by atomic mass is 10.2. The van der Waals surface area contributed by atoms with Gasteiger partial charge in [-0.2, -0.15) is 0 Å². The molecule has 1 radical (unpaired) electrons. The molecule has 0 bridgehead atoms. The fourth-order valence-corrected chi connectivity index (χ4v) is 0.555. The summed E-state index contributed by atoms with van der Waals surface area (Å²) in [6.07, 6.45) is 2.18. The molecule has 0 aliphatic rings. The van der Waals surface area contributed by atoms with Crippen molar-refractivity contribution < 1.29 is 15.0 Å². The highest BCUT2D eigenvalue weighted by molar-refractivity contribution is 5.66. The summed E-state index contributed by atoms with van der Waals surface area (Å²) in [4.78, 5) is 9.88. The molecule has 53 valence electrons. The Bertz CT molecular complexity index is 80.4. The molecule has 0 saturated carbocycles. The van der Waals surface area contributed by atoms with E-state index in [1.165, 1.54) is 0 Å². The predicted molar refractivity (Wildman–Crippen MR) is 31.7 cm³/mol. The molecule has 3 nitrogen and oxygen atoms in total. The highest BCUT2D eigenvalue weighted by Gasteiger charge is 1.94. The van der Waals surface area contributed by atoms with Crippen LogP contribution in [-0.4, -0.2) is 17.7 Å². The first-order chi connectivity index (χ1) is 4.27. The molecule has 0 saturated heterocycles. The predicted octanol–water partition coefficient (Wildman–Crippen LogP) is 1.06. The van der Waals surface area contributed by atoms with E-state index in [-0.39, 0.29) is 13.0 Å². The van der Waals surface area contributed by atoms with Gasteiger partial charge in [-0.15, -0.1) is 0 Å². The smallest absolute Gasteiger partial charge is 0.303 e. The quantitative estimate of drug-likeness (QED) is 0.567. The van der Waals surface area contributed by atoms with Crippen LogP contribution >= 0.6 is 0 Å². The van der Waals surface area contributed by atoms with Crippen LogP contribution in [0.3, 0.4) is 0 Å². The minimum absolute atomic E-state index is 0.0837. The van der Waals surface area contributed by atoms with Crippen LogP contribution < -0.4 is 0 Å². The third-order valence-corrected chi connectivity index (χ3v) is 1.03. The van der Waals surface area contributed by atoms with Crippen molar-refractivity contribution in [2.45, 2.75) is 25.7 Å². The summed E-state index contributed by atoms with van der Waals surface area (Å²) in [7, 11) is 0. The zero-order valence-corrected chi connectivity index (χ0v) is 5.30. The van der Waals surface area contributed by atoms with Gasteiger partial charge < -0.3 is 5.11 Å². The Kier molecular flexibility index (Phi) is 5.21. The highest BCUT2D eigenvalue weighted by Crippen LogP contribution is 1.97. The minimum atomic E-state index is -0.777. The lowest BCUT2D eigenvalue weighted by Gasteiger charge is -1.91. The number of hydrogen-bond donors (Lipinski definition) is 1. The van der Waals surface area contributed by atoms with Gasteiger partial charge >= 0.3 is 5.97 Å². The van der Waals surface area contributed by atoms with E-state index >= 15 is 0 Å². The summed E-state index contributed by atoms with van der Waals surface area (Å²) in [6.45, 7) is -0.0837. The second-order valence-electron chi connectivity index (χ2n) is 1.91. The Morgan fingerprint density at radius 1 is 1.22 bits per heavy atom. The van der Waals surface area contributed by atoms with Crippen molar-refractivity contribution in [3.8, 4) is 0 Å². The Labute approximate surface area is 54.3 Å². The number of carboxylic acids is 1. The van der Waals surface area contributed by atoms with Gasteiger partial charge in [-0.1, -0.05) is 6.42 Å². The molecule has 0 unspecified atom stereocenters. The van der Waals surface area contributed by atoms with Gasteiger partial charge in [-0.05, 0) is 12.8 Å². The van der Waals surface area contributed by atoms with Crippen LogP contribution in [0.2, 0.25) is 0 Å². The van der Waals surface area contributed by atoms with Crippen molar-refractivity contribution in [1.82, 2.24) is 0 Å². The van der Waals surface area contributed by atoms with Gasteiger partial charge in [0.05, 0.1) is 6.61 Å². The Morgan fingerprint density at radius 2 is 1.89 bits per heavy atom. The lowest BCUT2D eigenvalue weighted by molar-refractivity contribution is -0.137. The standard InChI is InChI=1S/C6H11O3/c7-5-3-1-2-4-6(8)9/h1-5H2,(H,8,9). The second-order valence-corrected chi connectivity index (χ2v) is 1.91. The van der Waals surface area contributed by atoms with Crippen molar-refractivity contribution in [3.63, 3.8) is 0 Å². The SMILES string of the molecule is [O]CCCCCC(=O)O. The molecule has 0 aromatic rings. The van der Waals surface area contributed by atoms with Gasteiger partial charge in [0.25, 0.3) is 0 Å². The number of hydrogen-bond acceptors (Lipinski definition) is 1. The summed E-state index contributed by atoms with van der Waals surface area (Å²) in [5.41, 5.74) is 0. The summed E-state index contributed by atoms with van der Waals surface area (Å²) < 4.78 is 0. The molecule has 3 heteroatoms. The summed E-state index contributed by atoms with van der Waals surface area (Å²) in [5.74, 6) is -0.777. The molecule has 0 rings (SSSR count). The Morgan fingerprint density at radius 3 is 2.33 bits per heavy atom. The van der Waals surface area contributed by atoms with Crippen LogP contribution in [0, 0.1) is 0 Å². The largest absolute Gasteiger partial charge is 0.481 e. The first-order valence-corrected chi connectivity index (χ1v) is 3.07. The molecule has 0 aliphatic carbocycles. The van der Waals surface area contributed by atoms with E-state index in [0.717, 1.165) is 6.42 Å². The molecular weight excluding hydrogens is 120 g/mol. The molecule has 0 atom stereocenters. The fraction of sp³-hybridized carbons (Fsp3) is 0.833. The number of carbonyl (C=O) groups is 1. The third-order valence-electron chi connectivity index (χ3n) is 1.03. The molecule has 0 aromatic heterocycles. The molecule has 0 spiro atoms. The first kappa shape index (κ1) is 8.43. The van der Waals surface area contributed by atoms with E-state index in [2.05, 4.69) is 0 Å². The van der Waals surface area contributed by atoms with Crippen LogP contribution in [0.4, 0.5) is 0 Å². The van der Waals surface area contributed by atoms with E-state index in [1.807, 2.05) is 0 Å². The zero-order valence-electron chi connectivity index (χ0n) is 5.30. The van der Waals surface area contributed by atoms with Gasteiger partial charge in [-0.3, -0.25) is 4.79 Å². The number of unbranched alkanes of at least 4 members (excludes halogenated alkanes) is 2. The second kappa shape index (κ2) is 5.56. The van der Waals surface area contributed by atoms with Crippen LogP contribution in [0.25, 0.3) is 0 Å². The maximum Gasteiger partial charge on any atom is 0.303 e. The van der Waals surface area contributed by atoms with Gasteiger partial charge in [-0.25, -0.2) is 5.11 Å². The average Bonchev–Trinajstić information content (AvgIpc) is 1.80. The molecule has 0 fully saturated rings. The fourth-order valence-electron chi connectivity index (χ4n) is 0.555. The summed E-state index contributed by atoms with van der Waals surface area (Å²) >= 11 is 0. The topological polar surface area (TPSA) is 57.2 Å². The van der Waals surface area contributed by atoms with Crippen molar-refractivity contribution in [3.05, 3.63) is 0 Å². The third kappa shape index (κ3) is 7.43.